The van der Waals surface area contributed by atoms with Gasteiger partial charge in [0.15, 0.2) is 0 Å². The molecular weight excluding hydrogens is 356 g/mol. The van der Waals surface area contributed by atoms with Crippen LogP contribution in [0.15, 0.2) is 41.8 Å². The molecule has 0 saturated carbocycles. The van der Waals surface area contributed by atoms with E-state index < -0.39 is 0 Å². The van der Waals surface area contributed by atoms with Crippen LogP contribution in [0.25, 0.3) is 21.5 Å². The standard InChI is InChI=1S/C19H21ClN2O2S/c1-2-24-9-4-8-21-19(23)13-22-16-7-6-15(20)11-14(16)12-17(22)18-5-3-10-25-18/h3,5-7,10-12H,2,4,8-9,13H2,1H3,(H,21,23). The number of halogens is 1. The van der Waals surface area contributed by atoms with Gasteiger partial charge in [-0.3, -0.25) is 4.79 Å². The Morgan fingerprint density at radius 3 is 2.96 bits per heavy atom. The molecule has 0 aliphatic heterocycles. The summed E-state index contributed by atoms with van der Waals surface area (Å²) in [4.78, 5) is 13.5. The lowest BCUT2D eigenvalue weighted by molar-refractivity contribution is -0.121. The quantitative estimate of drug-likeness (QED) is 0.585. The summed E-state index contributed by atoms with van der Waals surface area (Å²) >= 11 is 7.78. The molecular formula is C19H21ClN2O2S. The summed E-state index contributed by atoms with van der Waals surface area (Å²) in [5.41, 5.74) is 2.05. The van der Waals surface area contributed by atoms with Crippen LogP contribution < -0.4 is 5.32 Å². The van der Waals surface area contributed by atoms with E-state index in [4.69, 9.17) is 16.3 Å². The van der Waals surface area contributed by atoms with Gasteiger partial charge in [0, 0.05) is 35.7 Å². The lowest BCUT2D eigenvalue weighted by atomic mass is 10.2. The van der Waals surface area contributed by atoms with E-state index in [1.165, 1.54) is 0 Å². The number of amides is 1. The van der Waals surface area contributed by atoms with E-state index in [1.807, 2.05) is 36.6 Å². The van der Waals surface area contributed by atoms with E-state index in [9.17, 15) is 4.79 Å². The summed E-state index contributed by atoms with van der Waals surface area (Å²) in [7, 11) is 0. The molecule has 0 bridgehead atoms. The molecule has 0 aliphatic carbocycles. The summed E-state index contributed by atoms with van der Waals surface area (Å²) < 4.78 is 7.34. The summed E-state index contributed by atoms with van der Waals surface area (Å²) in [5, 5.41) is 6.74. The molecule has 132 valence electrons. The molecule has 2 aromatic heterocycles. The number of carbonyl (C=O) groups is 1. The molecule has 3 aromatic rings. The van der Waals surface area contributed by atoms with Crippen LogP contribution in [0.4, 0.5) is 0 Å². The van der Waals surface area contributed by atoms with E-state index in [1.54, 1.807) is 11.3 Å². The maximum atomic E-state index is 12.4. The van der Waals surface area contributed by atoms with Crippen LogP contribution >= 0.6 is 22.9 Å². The summed E-state index contributed by atoms with van der Waals surface area (Å²) in [5.74, 6) is 0.00162. The van der Waals surface area contributed by atoms with E-state index >= 15 is 0 Å². The number of nitrogens with zero attached hydrogens (tertiary/aromatic N) is 1. The van der Waals surface area contributed by atoms with Crippen molar-refractivity contribution in [3.05, 3.63) is 46.8 Å². The number of rotatable bonds is 8. The second kappa shape index (κ2) is 8.52. The monoisotopic (exact) mass is 376 g/mol. The third-order valence-electron chi connectivity index (χ3n) is 3.93. The van der Waals surface area contributed by atoms with Crippen molar-refractivity contribution in [3.8, 4) is 10.6 Å². The van der Waals surface area contributed by atoms with Crippen LogP contribution in [0.3, 0.4) is 0 Å². The lowest BCUT2D eigenvalue weighted by Gasteiger charge is -2.11. The minimum absolute atomic E-state index is 0.00162. The van der Waals surface area contributed by atoms with Gasteiger partial charge in [0.1, 0.15) is 6.54 Å². The largest absolute Gasteiger partial charge is 0.382 e. The minimum atomic E-state index is 0.00162. The van der Waals surface area contributed by atoms with Crippen molar-refractivity contribution < 1.29 is 9.53 Å². The first-order valence-electron chi connectivity index (χ1n) is 8.36. The molecule has 25 heavy (non-hydrogen) atoms. The van der Waals surface area contributed by atoms with Crippen LogP contribution in [0, 0.1) is 0 Å². The highest BCUT2D eigenvalue weighted by Gasteiger charge is 2.14. The zero-order valence-corrected chi connectivity index (χ0v) is 15.7. The molecule has 0 radical (unpaired) electrons. The Labute approximate surface area is 156 Å². The molecule has 0 spiro atoms. The average Bonchev–Trinajstić information content (AvgIpc) is 3.22. The molecule has 1 N–H and O–H groups in total. The van der Waals surface area contributed by atoms with Crippen molar-refractivity contribution >= 4 is 39.7 Å². The van der Waals surface area contributed by atoms with Gasteiger partial charge in [-0.2, -0.15) is 0 Å². The molecule has 4 nitrogen and oxygen atoms in total. The first kappa shape index (κ1) is 18.0. The number of ether oxygens (including phenoxy) is 1. The SMILES string of the molecule is CCOCCCNC(=O)Cn1c(-c2cccs2)cc2cc(Cl)ccc21. The Balaban J connectivity index is 1.79. The lowest BCUT2D eigenvalue weighted by Crippen LogP contribution is -2.29. The smallest absolute Gasteiger partial charge is 0.239 e. The molecule has 1 amide bonds. The zero-order chi connectivity index (χ0) is 17.6. The molecule has 0 aliphatic rings. The second-order valence-corrected chi connectivity index (χ2v) is 7.08. The number of thiophene rings is 1. The number of hydrogen-bond donors (Lipinski definition) is 1. The van der Waals surface area contributed by atoms with Crippen LogP contribution in [0.2, 0.25) is 5.02 Å². The van der Waals surface area contributed by atoms with Crippen molar-refractivity contribution in [1.29, 1.82) is 0 Å². The highest BCUT2D eigenvalue weighted by Crippen LogP contribution is 2.32. The van der Waals surface area contributed by atoms with Crippen molar-refractivity contribution in [2.24, 2.45) is 0 Å². The van der Waals surface area contributed by atoms with Crippen LogP contribution in [-0.2, 0) is 16.1 Å². The Bertz CT molecular complexity index is 843. The Hall–Kier alpha value is -1.82. The maximum absolute atomic E-state index is 12.4. The van der Waals surface area contributed by atoms with Crippen LogP contribution in [0.5, 0.6) is 0 Å². The number of nitrogens with one attached hydrogen (secondary N) is 1. The van der Waals surface area contributed by atoms with Crippen molar-refractivity contribution in [2.45, 2.75) is 19.9 Å². The predicted molar refractivity (Wildman–Crippen MR) is 104 cm³/mol. The third-order valence-corrected chi connectivity index (χ3v) is 5.06. The van der Waals surface area contributed by atoms with E-state index in [0.717, 1.165) is 27.9 Å². The van der Waals surface area contributed by atoms with Gasteiger partial charge in [-0.15, -0.1) is 11.3 Å². The molecule has 6 heteroatoms. The van der Waals surface area contributed by atoms with Gasteiger partial charge in [0.05, 0.1) is 10.6 Å². The van der Waals surface area contributed by atoms with Gasteiger partial charge < -0.3 is 14.6 Å². The highest BCUT2D eigenvalue weighted by atomic mass is 35.5. The van der Waals surface area contributed by atoms with Crippen LogP contribution in [0.1, 0.15) is 13.3 Å². The zero-order valence-electron chi connectivity index (χ0n) is 14.1. The Morgan fingerprint density at radius 2 is 2.20 bits per heavy atom. The topological polar surface area (TPSA) is 43.3 Å². The fourth-order valence-electron chi connectivity index (χ4n) is 2.79. The van der Waals surface area contributed by atoms with Gasteiger partial charge >= 0.3 is 0 Å². The first-order valence-corrected chi connectivity index (χ1v) is 9.62. The summed E-state index contributed by atoms with van der Waals surface area (Å²) in [6, 6.07) is 11.9. The Morgan fingerprint density at radius 1 is 1.32 bits per heavy atom. The molecule has 1 aromatic carbocycles. The van der Waals surface area contributed by atoms with Gasteiger partial charge in [0.25, 0.3) is 0 Å². The van der Waals surface area contributed by atoms with E-state index in [0.29, 0.717) is 24.8 Å². The average molecular weight is 377 g/mol. The van der Waals surface area contributed by atoms with Gasteiger partial charge in [-0.1, -0.05) is 17.7 Å². The highest BCUT2D eigenvalue weighted by molar-refractivity contribution is 7.13. The number of benzene rings is 1. The molecule has 3 rings (SSSR count). The second-order valence-electron chi connectivity index (χ2n) is 5.70. The van der Waals surface area contributed by atoms with Crippen molar-refractivity contribution in [3.63, 3.8) is 0 Å². The molecule has 0 saturated heterocycles. The van der Waals surface area contributed by atoms with E-state index in [2.05, 4.69) is 22.0 Å². The van der Waals surface area contributed by atoms with Gasteiger partial charge in [0.2, 0.25) is 5.91 Å². The third kappa shape index (κ3) is 4.42. The first-order chi connectivity index (χ1) is 12.2. The fourth-order valence-corrected chi connectivity index (χ4v) is 3.72. The number of hydrogen-bond acceptors (Lipinski definition) is 3. The van der Waals surface area contributed by atoms with E-state index in [-0.39, 0.29) is 12.5 Å². The molecule has 0 unspecified atom stereocenters. The fraction of sp³-hybridized carbons (Fsp3) is 0.316. The number of carbonyl (C=O) groups excluding carboxylic acids is 1. The number of aromatic nitrogens is 1. The molecule has 0 atom stereocenters. The Kier molecular flexibility index (Phi) is 6.13. The molecule has 0 fully saturated rings. The maximum Gasteiger partial charge on any atom is 0.239 e. The van der Waals surface area contributed by atoms with Crippen molar-refractivity contribution in [1.82, 2.24) is 9.88 Å². The van der Waals surface area contributed by atoms with Gasteiger partial charge in [-0.05, 0) is 49.1 Å². The summed E-state index contributed by atoms with van der Waals surface area (Å²) in [6.07, 6.45) is 0.819. The minimum Gasteiger partial charge on any atom is -0.382 e. The predicted octanol–water partition coefficient (Wildman–Crippen LogP) is 4.57. The van der Waals surface area contributed by atoms with Crippen molar-refractivity contribution in [2.75, 3.05) is 19.8 Å². The molecule has 2 heterocycles. The summed E-state index contributed by atoms with van der Waals surface area (Å²) in [6.45, 7) is 4.25. The van der Waals surface area contributed by atoms with Crippen LogP contribution in [-0.4, -0.2) is 30.2 Å². The van der Waals surface area contributed by atoms with Gasteiger partial charge in [-0.25, -0.2) is 0 Å². The number of fused-ring (bicyclic) bond motifs is 1. The normalized spacial score (nSPS) is 11.1.